The number of hydrogen-bond acceptors (Lipinski definition) is 3. The topological polar surface area (TPSA) is 40.5 Å². The number of fused-ring (bicyclic) bond motifs is 1. The van der Waals surface area contributed by atoms with Crippen molar-refractivity contribution in [3.05, 3.63) is 29.6 Å². The maximum Gasteiger partial charge on any atom is 0.308 e. The molecule has 0 aliphatic carbocycles. The molecule has 1 atom stereocenters. The molecule has 17 heavy (non-hydrogen) atoms. The lowest BCUT2D eigenvalue weighted by Crippen LogP contribution is -2.22. The van der Waals surface area contributed by atoms with E-state index in [4.69, 9.17) is 5.11 Å². The van der Waals surface area contributed by atoms with Gasteiger partial charge in [0.2, 0.25) is 0 Å². The Labute approximate surface area is 103 Å². The molecule has 1 saturated heterocycles. The number of carboxylic acids is 1. The van der Waals surface area contributed by atoms with Gasteiger partial charge < -0.3 is 10.0 Å². The van der Waals surface area contributed by atoms with Crippen LogP contribution < -0.4 is 4.90 Å². The smallest absolute Gasteiger partial charge is 0.308 e. The van der Waals surface area contributed by atoms with Gasteiger partial charge in [0.1, 0.15) is 0 Å². The fraction of sp³-hybridized carbons (Fsp3) is 0.308. The van der Waals surface area contributed by atoms with E-state index in [1.165, 1.54) is 10.1 Å². The second-order valence-corrected chi connectivity index (χ2v) is 5.36. The van der Waals surface area contributed by atoms with Gasteiger partial charge in [-0.2, -0.15) is 0 Å². The molecule has 2 heterocycles. The maximum absolute atomic E-state index is 10.9. The maximum atomic E-state index is 10.9. The second kappa shape index (κ2) is 4.04. The molecule has 0 bridgehead atoms. The molecule has 0 spiro atoms. The first-order valence-corrected chi connectivity index (χ1v) is 6.57. The number of aliphatic carboxylic acids is 1. The van der Waals surface area contributed by atoms with E-state index in [0.717, 1.165) is 18.7 Å². The fourth-order valence-electron chi connectivity index (χ4n) is 2.34. The molecule has 3 nitrogen and oxygen atoms in total. The number of anilines is 1. The van der Waals surface area contributed by atoms with Crippen molar-refractivity contribution in [3.63, 3.8) is 0 Å². The van der Waals surface area contributed by atoms with Gasteiger partial charge in [0.05, 0.1) is 5.92 Å². The standard InChI is InChI=1S/C13H13NO2S/c15-13(16)10-3-5-14(8-10)11-2-1-9-4-6-17-12(9)7-11/h1-2,4,6-7,10H,3,5,8H2,(H,15,16)/t10-/m1/s1. The zero-order chi connectivity index (χ0) is 11.8. The average Bonchev–Trinajstić information content (AvgIpc) is 2.97. The van der Waals surface area contributed by atoms with Gasteiger partial charge in [-0.05, 0) is 35.4 Å². The Bertz CT molecular complexity index is 563. The molecular formula is C13H13NO2S. The van der Waals surface area contributed by atoms with Crippen LogP contribution in [0.1, 0.15) is 6.42 Å². The van der Waals surface area contributed by atoms with Gasteiger partial charge in [-0.1, -0.05) is 6.07 Å². The molecule has 0 radical (unpaired) electrons. The van der Waals surface area contributed by atoms with Crippen LogP contribution in [0.25, 0.3) is 10.1 Å². The summed E-state index contributed by atoms with van der Waals surface area (Å²) in [7, 11) is 0. The van der Waals surface area contributed by atoms with E-state index < -0.39 is 5.97 Å². The minimum Gasteiger partial charge on any atom is -0.481 e. The lowest BCUT2D eigenvalue weighted by Gasteiger charge is -2.18. The lowest BCUT2D eigenvalue weighted by molar-refractivity contribution is -0.140. The Balaban J connectivity index is 1.87. The molecular weight excluding hydrogens is 234 g/mol. The quantitative estimate of drug-likeness (QED) is 0.887. The Morgan fingerprint density at radius 2 is 2.29 bits per heavy atom. The first-order chi connectivity index (χ1) is 8.24. The van der Waals surface area contributed by atoms with Crippen molar-refractivity contribution in [2.24, 2.45) is 5.92 Å². The van der Waals surface area contributed by atoms with Crippen LogP contribution in [0.2, 0.25) is 0 Å². The van der Waals surface area contributed by atoms with Gasteiger partial charge in [0, 0.05) is 23.5 Å². The SMILES string of the molecule is O=C(O)[C@@H]1CCN(c2ccc3ccsc3c2)C1. The summed E-state index contributed by atoms with van der Waals surface area (Å²) >= 11 is 1.72. The van der Waals surface area contributed by atoms with Crippen molar-refractivity contribution in [1.29, 1.82) is 0 Å². The monoisotopic (exact) mass is 247 g/mol. The highest BCUT2D eigenvalue weighted by atomic mass is 32.1. The first kappa shape index (κ1) is 10.6. The number of hydrogen-bond donors (Lipinski definition) is 1. The third-order valence-corrected chi connectivity index (χ3v) is 4.22. The van der Waals surface area contributed by atoms with Crippen LogP contribution in [0.5, 0.6) is 0 Å². The van der Waals surface area contributed by atoms with Gasteiger partial charge in [0.15, 0.2) is 0 Å². The van der Waals surface area contributed by atoms with Crippen LogP contribution in [0.4, 0.5) is 5.69 Å². The van der Waals surface area contributed by atoms with Crippen LogP contribution in [0, 0.1) is 5.92 Å². The van der Waals surface area contributed by atoms with Crippen molar-refractivity contribution in [3.8, 4) is 0 Å². The average molecular weight is 247 g/mol. The largest absolute Gasteiger partial charge is 0.481 e. The van der Waals surface area contributed by atoms with E-state index in [1.807, 2.05) is 0 Å². The predicted octanol–water partition coefficient (Wildman–Crippen LogP) is 2.81. The number of thiophene rings is 1. The molecule has 4 heteroatoms. The first-order valence-electron chi connectivity index (χ1n) is 5.69. The normalized spacial score (nSPS) is 20.0. The predicted molar refractivity (Wildman–Crippen MR) is 69.8 cm³/mol. The molecule has 1 N–H and O–H groups in total. The van der Waals surface area contributed by atoms with E-state index in [1.54, 1.807) is 11.3 Å². The summed E-state index contributed by atoms with van der Waals surface area (Å²) in [5.74, 6) is -0.890. The third-order valence-electron chi connectivity index (χ3n) is 3.34. The van der Waals surface area contributed by atoms with E-state index >= 15 is 0 Å². The van der Waals surface area contributed by atoms with Crippen LogP contribution >= 0.6 is 11.3 Å². The molecule has 0 unspecified atom stereocenters. The van der Waals surface area contributed by atoms with Crippen molar-refractivity contribution >= 4 is 33.1 Å². The zero-order valence-corrected chi connectivity index (χ0v) is 10.1. The number of carbonyl (C=O) groups is 1. The Kier molecular flexibility index (Phi) is 2.52. The molecule has 88 valence electrons. The highest BCUT2D eigenvalue weighted by Gasteiger charge is 2.28. The number of nitrogens with zero attached hydrogens (tertiary/aromatic N) is 1. The fourth-order valence-corrected chi connectivity index (χ4v) is 3.16. The van der Waals surface area contributed by atoms with Crippen LogP contribution in [0.15, 0.2) is 29.6 Å². The van der Waals surface area contributed by atoms with E-state index in [0.29, 0.717) is 6.54 Å². The number of carboxylic acid groups (broad SMARTS) is 1. The Morgan fingerprint density at radius 1 is 1.41 bits per heavy atom. The molecule has 3 rings (SSSR count). The van der Waals surface area contributed by atoms with Gasteiger partial charge in [0.25, 0.3) is 0 Å². The Hall–Kier alpha value is -1.55. The van der Waals surface area contributed by atoms with Crippen molar-refractivity contribution in [2.75, 3.05) is 18.0 Å². The molecule has 0 amide bonds. The van der Waals surface area contributed by atoms with Crippen molar-refractivity contribution in [1.82, 2.24) is 0 Å². The molecule has 1 aliphatic rings. The van der Waals surface area contributed by atoms with Crippen LogP contribution in [-0.2, 0) is 4.79 Å². The van der Waals surface area contributed by atoms with Crippen molar-refractivity contribution < 1.29 is 9.90 Å². The summed E-state index contributed by atoms with van der Waals surface area (Å²) in [4.78, 5) is 13.1. The van der Waals surface area contributed by atoms with E-state index in [-0.39, 0.29) is 5.92 Å². The molecule has 1 fully saturated rings. The van der Waals surface area contributed by atoms with Crippen molar-refractivity contribution in [2.45, 2.75) is 6.42 Å². The highest BCUT2D eigenvalue weighted by molar-refractivity contribution is 7.17. The summed E-state index contributed by atoms with van der Waals surface area (Å²) in [5.41, 5.74) is 1.14. The molecule has 1 aliphatic heterocycles. The van der Waals surface area contributed by atoms with Gasteiger partial charge >= 0.3 is 5.97 Å². The molecule has 2 aromatic rings. The summed E-state index contributed by atoms with van der Waals surface area (Å²) in [6.07, 6.45) is 0.748. The van der Waals surface area contributed by atoms with E-state index in [9.17, 15) is 4.79 Å². The highest BCUT2D eigenvalue weighted by Crippen LogP contribution is 2.29. The Morgan fingerprint density at radius 3 is 3.06 bits per heavy atom. The van der Waals surface area contributed by atoms with Crippen LogP contribution in [-0.4, -0.2) is 24.2 Å². The summed E-state index contributed by atoms with van der Waals surface area (Å²) in [6, 6.07) is 8.45. The van der Waals surface area contributed by atoms with Gasteiger partial charge in [-0.3, -0.25) is 4.79 Å². The summed E-state index contributed by atoms with van der Waals surface area (Å²) in [6.45, 7) is 1.47. The minimum absolute atomic E-state index is 0.214. The lowest BCUT2D eigenvalue weighted by atomic mass is 10.1. The zero-order valence-electron chi connectivity index (χ0n) is 9.30. The molecule has 0 saturated carbocycles. The van der Waals surface area contributed by atoms with Crippen LogP contribution in [0.3, 0.4) is 0 Å². The van der Waals surface area contributed by atoms with Gasteiger partial charge in [-0.25, -0.2) is 0 Å². The summed E-state index contributed by atoms with van der Waals surface area (Å²) < 4.78 is 1.27. The number of benzene rings is 1. The second-order valence-electron chi connectivity index (χ2n) is 4.41. The third kappa shape index (κ3) is 1.89. The molecule has 1 aromatic carbocycles. The number of rotatable bonds is 2. The molecule has 1 aromatic heterocycles. The van der Waals surface area contributed by atoms with Gasteiger partial charge in [-0.15, -0.1) is 11.3 Å². The minimum atomic E-state index is -0.676. The summed E-state index contributed by atoms with van der Waals surface area (Å²) in [5, 5.41) is 12.3. The van der Waals surface area contributed by atoms with E-state index in [2.05, 4.69) is 34.5 Å².